The van der Waals surface area contributed by atoms with Gasteiger partial charge in [0, 0.05) is 0 Å². The molecule has 0 radical (unpaired) electrons. The maximum absolute atomic E-state index is 12.3. The highest BCUT2D eigenvalue weighted by atomic mass is 16.5. The Bertz CT molecular complexity index is 953. The van der Waals surface area contributed by atoms with Crippen molar-refractivity contribution in [3.63, 3.8) is 0 Å². The number of hydrogen-bond acceptors (Lipinski definition) is 5. The highest BCUT2D eigenvalue weighted by Crippen LogP contribution is 2.21. The molecule has 0 aliphatic rings. The third kappa shape index (κ3) is 4.68. The first-order chi connectivity index (χ1) is 13.6. The topological polar surface area (TPSA) is 82.5 Å². The van der Waals surface area contributed by atoms with Crippen molar-refractivity contribution in [2.75, 3.05) is 13.2 Å². The molecule has 1 atom stereocenters. The van der Waals surface area contributed by atoms with Crippen LogP contribution in [0.15, 0.2) is 54.6 Å². The summed E-state index contributed by atoms with van der Waals surface area (Å²) in [6.07, 6.45) is 0. The molecule has 7 heteroatoms. The van der Waals surface area contributed by atoms with Crippen LogP contribution < -0.4 is 10.1 Å². The predicted octanol–water partition coefficient (Wildman–Crippen LogP) is 2.86. The highest BCUT2D eigenvalue weighted by molar-refractivity contribution is 5.80. The highest BCUT2D eigenvalue weighted by Gasteiger charge is 2.20. The predicted molar refractivity (Wildman–Crippen MR) is 105 cm³/mol. The van der Waals surface area contributed by atoms with Crippen molar-refractivity contribution in [1.29, 1.82) is 0 Å². The smallest absolute Gasteiger partial charge is 0.326 e. The van der Waals surface area contributed by atoms with E-state index in [-0.39, 0.29) is 25.0 Å². The normalized spacial score (nSPS) is 11.8. The standard InChI is InChI=1S/C21H23N3O4/c1-3-27-20(26)13-24-18-12-8-7-11-17(18)23-21(24)15(2)22-19(25)14-28-16-9-5-4-6-10-16/h4-12,15H,3,13-14H2,1-2H3,(H,22,25). The Morgan fingerprint density at radius 1 is 1.11 bits per heavy atom. The molecule has 146 valence electrons. The third-order valence-corrected chi connectivity index (χ3v) is 4.15. The van der Waals surface area contributed by atoms with Crippen LogP contribution >= 0.6 is 0 Å². The molecule has 1 heterocycles. The van der Waals surface area contributed by atoms with Crippen LogP contribution in [0.3, 0.4) is 0 Å². The van der Waals surface area contributed by atoms with Gasteiger partial charge in [0.25, 0.3) is 5.91 Å². The number of benzene rings is 2. The van der Waals surface area contributed by atoms with E-state index in [2.05, 4.69) is 10.3 Å². The molecular formula is C21H23N3O4. The lowest BCUT2D eigenvalue weighted by Crippen LogP contribution is -2.33. The van der Waals surface area contributed by atoms with Gasteiger partial charge in [0.1, 0.15) is 18.1 Å². The van der Waals surface area contributed by atoms with E-state index < -0.39 is 6.04 Å². The maximum Gasteiger partial charge on any atom is 0.326 e. The van der Waals surface area contributed by atoms with E-state index in [9.17, 15) is 9.59 Å². The number of ether oxygens (including phenoxy) is 2. The van der Waals surface area contributed by atoms with Crippen molar-refractivity contribution >= 4 is 22.9 Å². The minimum Gasteiger partial charge on any atom is -0.484 e. The fourth-order valence-corrected chi connectivity index (χ4v) is 2.94. The first-order valence-corrected chi connectivity index (χ1v) is 9.16. The van der Waals surface area contributed by atoms with E-state index in [0.717, 1.165) is 11.0 Å². The summed E-state index contributed by atoms with van der Waals surface area (Å²) >= 11 is 0. The first kappa shape index (κ1) is 19.4. The van der Waals surface area contributed by atoms with Gasteiger partial charge in [-0.2, -0.15) is 0 Å². The Morgan fingerprint density at radius 3 is 2.57 bits per heavy atom. The quantitative estimate of drug-likeness (QED) is 0.607. The Kier molecular flexibility index (Phi) is 6.26. The van der Waals surface area contributed by atoms with Crippen LogP contribution in [-0.4, -0.2) is 34.6 Å². The molecule has 1 amide bonds. The lowest BCUT2D eigenvalue weighted by Gasteiger charge is -2.16. The summed E-state index contributed by atoms with van der Waals surface area (Å²) in [6.45, 7) is 3.82. The number of carbonyl (C=O) groups excluding carboxylic acids is 2. The van der Waals surface area contributed by atoms with E-state index in [1.54, 1.807) is 23.6 Å². The molecule has 2 aromatic carbocycles. The zero-order valence-electron chi connectivity index (χ0n) is 15.9. The number of aromatic nitrogens is 2. The molecule has 0 saturated heterocycles. The van der Waals surface area contributed by atoms with E-state index >= 15 is 0 Å². The van der Waals surface area contributed by atoms with E-state index in [1.165, 1.54) is 0 Å². The molecule has 28 heavy (non-hydrogen) atoms. The first-order valence-electron chi connectivity index (χ1n) is 9.16. The fourth-order valence-electron chi connectivity index (χ4n) is 2.94. The number of imidazole rings is 1. The van der Waals surface area contributed by atoms with Crippen LogP contribution in [0.25, 0.3) is 11.0 Å². The van der Waals surface area contributed by atoms with Crippen molar-refractivity contribution < 1.29 is 19.1 Å². The fraction of sp³-hybridized carbons (Fsp3) is 0.286. The van der Waals surface area contributed by atoms with E-state index in [4.69, 9.17) is 9.47 Å². The van der Waals surface area contributed by atoms with Gasteiger partial charge in [-0.15, -0.1) is 0 Å². The number of nitrogens with one attached hydrogen (secondary N) is 1. The summed E-state index contributed by atoms with van der Waals surface area (Å²) in [7, 11) is 0. The monoisotopic (exact) mass is 381 g/mol. The van der Waals surface area contributed by atoms with Crippen molar-refractivity contribution in [1.82, 2.24) is 14.9 Å². The van der Waals surface area contributed by atoms with E-state index in [0.29, 0.717) is 18.2 Å². The summed E-state index contributed by atoms with van der Waals surface area (Å²) in [5.41, 5.74) is 1.57. The number of fused-ring (bicyclic) bond motifs is 1. The zero-order chi connectivity index (χ0) is 19.9. The number of para-hydroxylation sites is 3. The van der Waals surface area contributed by atoms with Crippen LogP contribution in [0.5, 0.6) is 5.75 Å². The SMILES string of the molecule is CCOC(=O)Cn1c(C(C)NC(=O)COc2ccccc2)nc2ccccc21. The molecule has 0 fully saturated rings. The molecule has 7 nitrogen and oxygen atoms in total. The molecule has 1 aromatic heterocycles. The van der Waals surface area contributed by atoms with Crippen LogP contribution in [0.1, 0.15) is 25.7 Å². The Balaban J connectivity index is 1.73. The van der Waals surface area contributed by atoms with Gasteiger partial charge < -0.3 is 19.4 Å². The molecule has 0 bridgehead atoms. The molecule has 3 rings (SSSR count). The van der Waals surface area contributed by atoms with Gasteiger partial charge in [-0.3, -0.25) is 9.59 Å². The van der Waals surface area contributed by atoms with Crippen molar-refractivity contribution in [3.05, 3.63) is 60.4 Å². The van der Waals surface area contributed by atoms with Gasteiger partial charge in [0.2, 0.25) is 0 Å². The Morgan fingerprint density at radius 2 is 1.82 bits per heavy atom. The Hall–Kier alpha value is -3.35. The van der Waals surface area contributed by atoms with Gasteiger partial charge in [-0.1, -0.05) is 30.3 Å². The lowest BCUT2D eigenvalue weighted by molar-refractivity contribution is -0.143. The minimum atomic E-state index is -0.409. The van der Waals surface area contributed by atoms with Crippen LogP contribution in [0.2, 0.25) is 0 Å². The molecule has 0 aliphatic carbocycles. The third-order valence-electron chi connectivity index (χ3n) is 4.15. The van der Waals surface area contributed by atoms with Crippen molar-refractivity contribution in [3.8, 4) is 5.75 Å². The van der Waals surface area contributed by atoms with Gasteiger partial charge in [0.15, 0.2) is 6.61 Å². The molecule has 3 aromatic rings. The summed E-state index contributed by atoms with van der Waals surface area (Å²) in [6, 6.07) is 16.2. The van der Waals surface area contributed by atoms with Crippen molar-refractivity contribution in [2.45, 2.75) is 26.4 Å². The summed E-state index contributed by atoms with van der Waals surface area (Å²) in [5.74, 6) is 0.589. The molecule has 1 unspecified atom stereocenters. The maximum atomic E-state index is 12.3. The van der Waals surface area contributed by atoms with Gasteiger partial charge >= 0.3 is 5.97 Å². The second kappa shape index (κ2) is 9.03. The van der Waals surface area contributed by atoms with Gasteiger partial charge in [-0.25, -0.2) is 4.98 Å². The largest absolute Gasteiger partial charge is 0.484 e. The van der Waals surface area contributed by atoms with Gasteiger partial charge in [-0.05, 0) is 38.1 Å². The second-order valence-electron chi connectivity index (χ2n) is 6.24. The average molecular weight is 381 g/mol. The van der Waals surface area contributed by atoms with Gasteiger partial charge in [0.05, 0.1) is 23.7 Å². The minimum absolute atomic E-state index is 0.0322. The van der Waals surface area contributed by atoms with Crippen LogP contribution in [-0.2, 0) is 20.9 Å². The number of amides is 1. The number of hydrogen-bond donors (Lipinski definition) is 1. The van der Waals surface area contributed by atoms with E-state index in [1.807, 2.05) is 49.4 Å². The average Bonchev–Trinajstić information content (AvgIpc) is 3.06. The summed E-state index contributed by atoms with van der Waals surface area (Å²) in [5, 5.41) is 2.87. The second-order valence-corrected chi connectivity index (χ2v) is 6.24. The van der Waals surface area contributed by atoms with Crippen molar-refractivity contribution in [2.24, 2.45) is 0 Å². The molecule has 0 aliphatic heterocycles. The number of esters is 1. The summed E-state index contributed by atoms with van der Waals surface area (Å²) < 4.78 is 12.3. The number of rotatable bonds is 8. The molecule has 0 spiro atoms. The summed E-state index contributed by atoms with van der Waals surface area (Å²) in [4.78, 5) is 28.9. The lowest BCUT2D eigenvalue weighted by atomic mass is 10.3. The number of carbonyl (C=O) groups is 2. The van der Waals surface area contributed by atoms with Crippen LogP contribution in [0.4, 0.5) is 0 Å². The molecule has 1 N–H and O–H groups in total. The molecule has 0 saturated carbocycles. The Labute approximate surface area is 163 Å². The number of nitrogens with zero attached hydrogens (tertiary/aromatic N) is 2. The molecular weight excluding hydrogens is 358 g/mol. The zero-order valence-corrected chi connectivity index (χ0v) is 15.9. The van der Waals surface area contributed by atoms with Crippen LogP contribution in [0, 0.1) is 0 Å².